The average molecular weight is 358 g/mol. The van der Waals surface area contributed by atoms with Crippen LogP contribution < -0.4 is 5.32 Å². The molecule has 0 aromatic heterocycles. The van der Waals surface area contributed by atoms with E-state index in [9.17, 15) is 14.7 Å². The van der Waals surface area contributed by atoms with Crippen molar-refractivity contribution in [2.24, 2.45) is 0 Å². The van der Waals surface area contributed by atoms with Crippen molar-refractivity contribution in [2.75, 3.05) is 0 Å². The predicted molar refractivity (Wildman–Crippen MR) is 102 cm³/mol. The zero-order valence-corrected chi connectivity index (χ0v) is 16.3. The number of carboxylic acids is 1. The number of aliphatic hydroxyl groups excluding tert-OH is 1. The lowest BCUT2D eigenvalue weighted by Crippen LogP contribution is -2.48. The molecule has 3 N–H and O–H groups in total. The zero-order valence-electron chi connectivity index (χ0n) is 16.3. The summed E-state index contributed by atoms with van der Waals surface area (Å²) < 4.78 is 0. The van der Waals surface area contributed by atoms with Crippen molar-refractivity contribution in [1.82, 2.24) is 5.32 Å². The highest BCUT2D eigenvalue weighted by atomic mass is 16.4. The highest BCUT2D eigenvalue weighted by molar-refractivity contribution is 5.82. The number of aliphatic hydroxyl groups is 1. The highest BCUT2D eigenvalue weighted by Crippen LogP contribution is 2.14. The van der Waals surface area contributed by atoms with Crippen LogP contribution in [0.1, 0.15) is 104 Å². The average Bonchev–Trinajstić information content (AvgIpc) is 2.56. The Morgan fingerprint density at radius 2 is 1.20 bits per heavy atom. The second-order valence-electron chi connectivity index (χ2n) is 7.12. The number of carbonyl (C=O) groups is 2. The van der Waals surface area contributed by atoms with Gasteiger partial charge in [-0.3, -0.25) is 4.79 Å². The topological polar surface area (TPSA) is 86.6 Å². The molecule has 0 aliphatic rings. The maximum Gasteiger partial charge on any atom is 0.328 e. The summed E-state index contributed by atoms with van der Waals surface area (Å²) in [6.07, 6.45) is 15.6. The van der Waals surface area contributed by atoms with Crippen LogP contribution in [0.25, 0.3) is 0 Å². The second kappa shape index (κ2) is 16.4. The van der Waals surface area contributed by atoms with Crippen molar-refractivity contribution in [3.8, 4) is 0 Å². The molecule has 0 spiro atoms. The van der Waals surface area contributed by atoms with Gasteiger partial charge in [-0.1, -0.05) is 90.4 Å². The Morgan fingerprint density at radius 3 is 1.56 bits per heavy atom. The molecular weight excluding hydrogens is 318 g/mol. The fourth-order valence-electron chi connectivity index (χ4n) is 3.08. The Balaban J connectivity index is 3.47. The van der Waals surface area contributed by atoms with Gasteiger partial charge in [0.15, 0.2) is 6.04 Å². The molecule has 0 radical (unpaired) electrons. The second-order valence-corrected chi connectivity index (χ2v) is 7.12. The lowest BCUT2D eigenvalue weighted by Gasteiger charge is -2.19. The molecule has 2 atom stereocenters. The van der Waals surface area contributed by atoms with E-state index in [0.717, 1.165) is 19.3 Å². The summed E-state index contributed by atoms with van der Waals surface area (Å²) in [5.74, 6) is -1.62. The number of aliphatic carboxylic acids is 1. The highest BCUT2D eigenvalue weighted by Gasteiger charge is 2.26. The molecule has 0 unspecified atom stereocenters. The van der Waals surface area contributed by atoms with Gasteiger partial charge in [-0.15, -0.1) is 0 Å². The van der Waals surface area contributed by atoms with Gasteiger partial charge in [0.1, 0.15) is 0 Å². The van der Waals surface area contributed by atoms with Crippen LogP contribution in [0.15, 0.2) is 0 Å². The Bertz CT molecular complexity index is 347. The third-order valence-electron chi connectivity index (χ3n) is 4.61. The molecule has 0 saturated carbocycles. The van der Waals surface area contributed by atoms with Crippen LogP contribution in [-0.4, -0.2) is 34.2 Å². The molecule has 0 aromatic rings. The van der Waals surface area contributed by atoms with Crippen LogP contribution in [0.5, 0.6) is 0 Å². The van der Waals surface area contributed by atoms with Crippen molar-refractivity contribution >= 4 is 11.9 Å². The van der Waals surface area contributed by atoms with Gasteiger partial charge in [0, 0.05) is 6.92 Å². The van der Waals surface area contributed by atoms with Gasteiger partial charge in [0.05, 0.1) is 6.10 Å². The van der Waals surface area contributed by atoms with Gasteiger partial charge in [-0.25, -0.2) is 4.79 Å². The van der Waals surface area contributed by atoms with E-state index >= 15 is 0 Å². The number of nitrogens with one attached hydrogen (secondary N) is 1. The number of amides is 1. The van der Waals surface area contributed by atoms with E-state index in [2.05, 4.69) is 12.2 Å². The normalized spacial score (nSPS) is 13.4. The van der Waals surface area contributed by atoms with Crippen molar-refractivity contribution in [1.29, 1.82) is 0 Å². The molecule has 0 aliphatic carbocycles. The van der Waals surface area contributed by atoms with Crippen LogP contribution in [0, 0.1) is 0 Å². The number of rotatable bonds is 17. The SMILES string of the molecule is CCCCCCCCCCCCCCC[C@@H](O)[C@@H](NC(C)=O)C(=O)O. The smallest absolute Gasteiger partial charge is 0.328 e. The van der Waals surface area contributed by atoms with Crippen LogP contribution in [0.4, 0.5) is 0 Å². The van der Waals surface area contributed by atoms with Crippen molar-refractivity contribution < 1.29 is 19.8 Å². The Hall–Kier alpha value is -1.10. The van der Waals surface area contributed by atoms with Gasteiger partial charge in [-0.05, 0) is 6.42 Å². The van der Waals surface area contributed by atoms with E-state index < -0.39 is 24.0 Å². The number of carbonyl (C=O) groups excluding carboxylic acids is 1. The minimum absolute atomic E-state index is 0.412. The summed E-state index contributed by atoms with van der Waals surface area (Å²) in [5, 5.41) is 21.2. The minimum Gasteiger partial charge on any atom is -0.480 e. The monoisotopic (exact) mass is 357 g/mol. The molecule has 148 valence electrons. The predicted octanol–water partition coefficient (Wildman–Crippen LogP) is 4.42. The molecule has 0 heterocycles. The third-order valence-corrected chi connectivity index (χ3v) is 4.61. The van der Waals surface area contributed by atoms with Gasteiger partial charge >= 0.3 is 5.97 Å². The first-order valence-electron chi connectivity index (χ1n) is 10.2. The van der Waals surface area contributed by atoms with E-state index in [1.165, 1.54) is 71.1 Å². The molecule has 0 saturated heterocycles. The van der Waals surface area contributed by atoms with E-state index in [1.54, 1.807) is 0 Å². The van der Waals surface area contributed by atoms with Crippen molar-refractivity contribution in [3.05, 3.63) is 0 Å². The van der Waals surface area contributed by atoms with E-state index in [-0.39, 0.29) is 0 Å². The van der Waals surface area contributed by atoms with Gasteiger partial charge in [-0.2, -0.15) is 0 Å². The first-order chi connectivity index (χ1) is 12.0. The Morgan fingerprint density at radius 1 is 0.800 bits per heavy atom. The third kappa shape index (κ3) is 14.9. The zero-order chi connectivity index (χ0) is 18.9. The van der Waals surface area contributed by atoms with E-state index in [4.69, 9.17) is 5.11 Å². The van der Waals surface area contributed by atoms with E-state index in [1.807, 2.05) is 0 Å². The largest absolute Gasteiger partial charge is 0.480 e. The Labute approximate surface area is 153 Å². The van der Waals surface area contributed by atoms with Crippen molar-refractivity contribution in [2.45, 2.75) is 116 Å². The lowest BCUT2D eigenvalue weighted by molar-refractivity contribution is -0.145. The summed E-state index contributed by atoms with van der Waals surface area (Å²) >= 11 is 0. The molecule has 5 nitrogen and oxygen atoms in total. The fraction of sp³-hybridized carbons (Fsp3) is 0.900. The number of hydrogen-bond acceptors (Lipinski definition) is 3. The molecule has 0 rings (SSSR count). The summed E-state index contributed by atoms with van der Waals surface area (Å²) in [6, 6.07) is -1.20. The first-order valence-corrected chi connectivity index (χ1v) is 10.2. The molecular formula is C20H39NO4. The number of hydrogen-bond donors (Lipinski definition) is 3. The summed E-state index contributed by atoms with van der Waals surface area (Å²) in [4.78, 5) is 22.0. The molecule has 0 aromatic carbocycles. The lowest BCUT2D eigenvalue weighted by atomic mass is 10.0. The first kappa shape index (κ1) is 23.9. The molecule has 1 amide bonds. The van der Waals surface area contributed by atoms with Gasteiger partial charge in [0.25, 0.3) is 0 Å². The van der Waals surface area contributed by atoms with E-state index in [0.29, 0.717) is 6.42 Å². The summed E-state index contributed by atoms with van der Waals surface area (Å²) in [6.45, 7) is 3.50. The standard InChI is InChI=1S/C20H39NO4/c1-3-4-5-6-7-8-9-10-11-12-13-14-15-16-18(23)19(20(24)25)21-17(2)22/h18-19,23H,3-16H2,1-2H3,(H,21,22)(H,24,25)/t18-,19-/m1/s1. The minimum atomic E-state index is -1.20. The number of carboxylic acid groups (broad SMARTS) is 1. The summed E-state index contributed by atoms with van der Waals surface area (Å²) in [5.41, 5.74) is 0. The number of unbranched alkanes of at least 4 members (excludes halogenated alkanes) is 12. The fourth-order valence-corrected chi connectivity index (χ4v) is 3.08. The van der Waals surface area contributed by atoms with Crippen LogP contribution >= 0.6 is 0 Å². The maximum atomic E-state index is 11.0. The molecule has 0 bridgehead atoms. The molecule has 0 fully saturated rings. The maximum absolute atomic E-state index is 11.0. The van der Waals surface area contributed by atoms with Crippen LogP contribution in [-0.2, 0) is 9.59 Å². The molecule has 25 heavy (non-hydrogen) atoms. The van der Waals surface area contributed by atoms with Gasteiger partial charge in [0.2, 0.25) is 5.91 Å². The van der Waals surface area contributed by atoms with Crippen LogP contribution in [0.3, 0.4) is 0 Å². The molecule has 5 heteroatoms. The molecule has 0 aliphatic heterocycles. The summed E-state index contributed by atoms with van der Waals surface area (Å²) in [7, 11) is 0. The quantitative estimate of drug-likeness (QED) is 0.336. The van der Waals surface area contributed by atoms with Crippen molar-refractivity contribution in [3.63, 3.8) is 0 Å². The van der Waals surface area contributed by atoms with Crippen LogP contribution in [0.2, 0.25) is 0 Å². The Kier molecular flexibility index (Phi) is 15.7. The van der Waals surface area contributed by atoms with Gasteiger partial charge < -0.3 is 15.5 Å².